The molecule has 0 saturated heterocycles. The van der Waals surface area contributed by atoms with Crippen molar-refractivity contribution in [3.63, 3.8) is 0 Å². The highest BCUT2D eigenvalue weighted by atomic mass is 35.5. The number of aryl methyl sites for hydroxylation is 1. The molecule has 2 rings (SSSR count). The molecule has 2 heterocycles. The molecule has 0 fully saturated rings. The van der Waals surface area contributed by atoms with Crippen LogP contribution in [-0.4, -0.2) is 19.7 Å². The summed E-state index contributed by atoms with van der Waals surface area (Å²) < 4.78 is 1.85. The number of halogens is 1. The maximum Gasteiger partial charge on any atom is 0.115 e. The van der Waals surface area contributed by atoms with E-state index in [2.05, 4.69) is 27.4 Å². The standard InChI is InChI=1S/C11H15ClN6/c1-2-3-18-11(9(12)6-16-18)10(17-13)8-4-14-7-15-5-8/h4-7,10,17H,2-3,13H2,1H3. The van der Waals surface area contributed by atoms with Crippen LogP contribution in [0.2, 0.25) is 5.02 Å². The van der Waals surface area contributed by atoms with E-state index in [1.54, 1.807) is 18.6 Å². The van der Waals surface area contributed by atoms with E-state index in [-0.39, 0.29) is 6.04 Å². The Labute approximate surface area is 110 Å². The average molecular weight is 267 g/mol. The highest BCUT2D eigenvalue weighted by Crippen LogP contribution is 2.27. The van der Waals surface area contributed by atoms with E-state index < -0.39 is 0 Å². The van der Waals surface area contributed by atoms with Crippen molar-refractivity contribution in [2.24, 2.45) is 5.84 Å². The number of hydrogen-bond acceptors (Lipinski definition) is 5. The molecule has 0 aliphatic rings. The van der Waals surface area contributed by atoms with Gasteiger partial charge in [-0.3, -0.25) is 10.5 Å². The molecule has 18 heavy (non-hydrogen) atoms. The zero-order chi connectivity index (χ0) is 13.0. The van der Waals surface area contributed by atoms with Crippen LogP contribution >= 0.6 is 11.6 Å². The number of aromatic nitrogens is 4. The fraction of sp³-hybridized carbons (Fsp3) is 0.364. The fourth-order valence-electron chi connectivity index (χ4n) is 1.84. The van der Waals surface area contributed by atoms with Gasteiger partial charge < -0.3 is 0 Å². The Bertz CT molecular complexity index is 497. The molecule has 0 radical (unpaired) electrons. The van der Waals surface area contributed by atoms with Crippen LogP contribution < -0.4 is 11.3 Å². The second-order valence-electron chi connectivity index (χ2n) is 3.87. The van der Waals surface area contributed by atoms with Gasteiger partial charge in [0.25, 0.3) is 0 Å². The lowest BCUT2D eigenvalue weighted by atomic mass is 10.1. The molecule has 2 aromatic rings. The number of nitrogens with two attached hydrogens (primary N) is 1. The van der Waals surface area contributed by atoms with Crippen LogP contribution in [0.5, 0.6) is 0 Å². The summed E-state index contributed by atoms with van der Waals surface area (Å²) in [4.78, 5) is 7.98. The van der Waals surface area contributed by atoms with Gasteiger partial charge in [0.1, 0.15) is 6.33 Å². The summed E-state index contributed by atoms with van der Waals surface area (Å²) in [7, 11) is 0. The third-order valence-corrected chi connectivity index (χ3v) is 2.91. The van der Waals surface area contributed by atoms with Crippen LogP contribution in [0.1, 0.15) is 30.6 Å². The summed E-state index contributed by atoms with van der Waals surface area (Å²) in [6.45, 7) is 2.86. The molecule has 1 unspecified atom stereocenters. The Hall–Kier alpha value is -1.50. The Morgan fingerprint density at radius 3 is 2.72 bits per heavy atom. The van der Waals surface area contributed by atoms with Gasteiger partial charge in [-0.05, 0) is 6.42 Å². The molecule has 0 bridgehead atoms. The molecular formula is C11H15ClN6. The molecule has 0 aromatic carbocycles. The van der Waals surface area contributed by atoms with E-state index in [9.17, 15) is 0 Å². The van der Waals surface area contributed by atoms with Gasteiger partial charge >= 0.3 is 0 Å². The molecule has 0 aliphatic heterocycles. The molecule has 0 spiro atoms. The van der Waals surface area contributed by atoms with Crippen LogP contribution in [0.4, 0.5) is 0 Å². The molecule has 0 aliphatic carbocycles. The number of nitrogens with one attached hydrogen (secondary N) is 1. The van der Waals surface area contributed by atoms with Gasteiger partial charge in [0, 0.05) is 24.5 Å². The largest absolute Gasteiger partial charge is 0.271 e. The zero-order valence-corrected chi connectivity index (χ0v) is 10.8. The van der Waals surface area contributed by atoms with Crippen molar-refractivity contribution >= 4 is 11.6 Å². The van der Waals surface area contributed by atoms with Crippen molar-refractivity contribution < 1.29 is 0 Å². The van der Waals surface area contributed by atoms with Gasteiger partial charge in [0.2, 0.25) is 0 Å². The monoisotopic (exact) mass is 266 g/mol. The first-order valence-corrected chi connectivity index (χ1v) is 6.08. The summed E-state index contributed by atoms with van der Waals surface area (Å²) in [6.07, 6.45) is 7.48. The summed E-state index contributed by atoms with van der Waals surface area (Å²) in [5.74, 6) is 5.62. The summed E-state index contributed by atoms with van der Waals surface area (Å²) in [6, 6.07) is -0.271. The van der Waals surface area contributed by atoms with Crippen molar-refractivity contribution in [3.05, 3.63) is 41.2 Å². The molecule has 0 amide bonds. The number of hydrazine groups is 1. The first kappa shape index (κ1) is 12.9. The lowest BCUT2D eigenvalue weighted by molar-refractivity contribution is 0.519. The summed E-state index contributed by atoms with van der Waals surface area (Å²) >= 11 is 6.18. The molecule has 1 atom stereocenters. The minimum Gasteiger partial charge on any atom is -0.271 e. The molecule has 96 valence electrons. The quantitative estimate of drug-likeness (QED) is 0.630. The second-order valence-corrected chi connectivity index (χ2v) is 4.28. The Morgan fingerprint density at radius 2 is 2.11 bits per heavy atom. The third-order valence-electron chi connectivity index (χ3n) is 2.62. The van der Waals surface area contributed by atoms with Crippen molar-refractivity contribution in [2.75, 3.05) is 0 Å². The normalized spacial score (nSPS) is 12.6. The van der Waals surface area contributed by atoms with E-state index in [0.29, 0.717) is 5.02 Å². The van der Waals surface area contributed by atoms with Crippen LogP contribution in [0, 0.1) is 0 Å². The molecule has 0 saturated carbocycles. The highest BCUT2D eigenvalue weighted by molar-refractivity contribution is 6.31. The minimum atomic E-state index is -0.271. The van der Waals surface area contributed by atoms with E-state index in [1.165, 1.54) is 6.33 Å². The van der Waals surface area contributed by atoms with Crippen molar-refractivity contribution in [2.45, 2.75) is 25.9 Å². The number of hydrogen-bond donors (Lipinski definition) is 2. The average Bonchev–Trinajstić information content (AvgIpc) is 2.75. The van der Waals surface area contributed by atoms with Crippen LogP contribution in [-0.2, 0) is 6.54 Å². The van der Waals surface area contributed by atoms with Gasteiger partial charge in [-0.1, -0.05) is 18.5 Å². The van der Waals surface area contributed by atoms with Gasteiger partial charge in [0.15, 0.2) is 0 Å². The minimum absolute atomic E-state index is 0.271. The van der Waals surface area contributed by atoms with Crippen LogP contribution in [0.25, 0.3) is 0 Å². The van der Waals surface area contributed by atoms with Crippen molar-refractivity contribution in [3.8, 4) is 0 Å². The smallest absolute Gasteiger partial charge is 0.115 e. The Kier molecular flexibility index (Phi) is 4.24. The van der Waals surface area contributed by atoms with Gasteiger partial charge in [-0.25, -0.2) is 15.4 Å². The van der Waals surface area contributed by atoms with Crippen molar-refractivity contribution in [1.82, 2.24) is 25.2 Å². The fourth-order valence-corrected chi connectivity index (χ4v) is 2.09. The zero-order valence-electron chi connectivity index (χ0n) is 10.0. The Morgan fingerprint density at radius 1 is 1.39 bits per heavy atom. The third kappa shape index (κ3) is 2.50. The maximum absolute atomic E-state index is 6.18. The lowest BCUT2D eigenvalue weighted by Crippen LogP contribution is -2.31. The van der Waals surface area contributed by atoms with Gasteiger partial charge in [0.05, 0.1) is 23.0 Å². The van der Waals surface area contributed by atoms with Crippen LogP contribution in [0.15, 0.2) is 24.9 Å². The van der Waals surface area contributed by atoms with Gasteiger partial charge in [-0.2, -0.15) is 5.10 Å². The van der Waals surface area contributed by atoms with Crippen molar-refractivity contribution in [1.29, 1.82) is 0 Å². The topological polar surface area (TPSA) is 81.7 Å². The summed E-state index contributed by atoms with van der Waals surface area (Å²) in [5, 5.41) is 4.83. The van der Waals surface area contributed by atoms with Crippen LogP contribution in [0.3, 0.4) is 0 Å². The first-order chi connectivity index (χ1) is 8.77. The summed E-state index contributed by atoms with van der Waals surface area (Å²) in [5.41, 5.74) is 4.41. The van der Waals surface area contributed by atoms with E-state index in [0.717, 1.165) is 24.2 Å². The lowest BCUT2D eigenvalue weighted by Gasteiger charge is -2.17. The van der Waals surface area contributed by atoms with E-state index in [4.69, 9.17) is 17.4 Å². The second kappa shape index (κ2) is 5.90. The number of nitrogens with zero attached hydrogens (tertiary/aromatic N) is 4. The van der Waals surface area contributed by atoms with Gasteiger partial charge in [-0.15, -0.1) is 0 Å². The molecule has 3 N–H and O–H groups in total. The molecule has 6 nitrogen and oxygen atoms in total. The highest BCUT2D eigenvalue weighted by Gasteiger charge is 2.21. The van der Waals surface area contributed by atoms with E-state index in [1.807, 2.05) is 4.68 Å². The molecule has 2 aromatic heterocycles. The first-order valence-electron chi connectivity index (χ1n) is 5.70. The molecular weight excluding hydrogens is 252 g/mol. The van der Waals surface area contributed by atoms with E-state index >= 15 is 0 Å². The maximum atomic E-state index is 6.18. The molecule has 7 heteroatoms. The number of rotatable bonds is 5. The predicted molar refractivity (Wildman–Crippen MR) is 68.7 cm³/mol. The Balaban J connectivity index is 2.41. The predicted octanol–water partition coefficient (Wildman–Crippen LogP) is 1.29. The SMILES string of the molecule is CCCn1ncc(Cl)c1C(NN)c1cncnc1.